The molecule has 0 bridgehead atoms. The highest BCUT2D eigenvalue weighted by atomic mass is 19.1. The van der Waals surface area contributed by atoms with Crippen LogP contribution < -0.4 is 4.90 Å². The van der Waals surface area contributed by atoms with Gasteiger partial charge in [0.15, 0.2) is 0 Å². The summed E-state index contributed by atoms with van der Waals surface area (Å²) < 4.78 is 13.5. The number of aliphatic hydroxyl groups is 1. The van der Waals surface area contributed by atoms with E-state index < -0.39 is 5.60 Å². The second-order valence-corrected chi connectivity index (χ2v) is 4.86. The Bertz CT molecular complexity index is 421. The molecule has 1 rings (SSSR count). The Morgan fingerprint density at radius 2 is 1.95 bits per heavy atom. The van der Waals surface area contributed by atoms with Crippen LogP contribution in [-0.2, 0) is 0 Å². The molecule has 0 aromatic heterocycles. The van der Waals surface area contributed by atoms with Crippen LogP contribution in [0, 0.1) is 12.7 Å². The van der Waals surface area contributed by atoms with Gasteiger partial charge in [0.25, 0.3) is 0 Å². The van der Waals surface area contributed by atoms with Crippen molar-refractivity contribution in [3.63, 3.8) is 0 Å². The van der Waals surface area contributed by atoms with Gasteiger partial charge in [0.05, 0.1) is 12.1 Å². The fraction of sp³-hybridized carbons (Fsp3) is 0.375. The highest BCUT2D eigenvalue weighted by molar-refractivity contribution is 5.51. The van der Waals surface area contributed by atoms with E-state index in [0.717, 1.165) is 5.69 Å². The highest BCUT2D eigenvalue weighted by Crippen LogP contribution is 2.20. The lowest BCUT2D eigenvalue weighted by Crippen LogP contribution is -2.35. The number of hydrogen-bond donors (Lipinski definition) is 1. The highest BCUT2D eigenvalue weighted by Gasteiger charge is 2.17. The molecule has 1 N–H and O–H groups in total. The molecule has 0 atom stereocenters. The smallest absolute Gasteiger partial charge is 0.128 e. The molecule has 0 heterocycles. The molecule has 1 aromatic carbocycles. The Hall–Kier alpha value is -1.61. The first-order chi connectivity index (χ1) is 8.83. The summed E-state index contributed by atoms with van der Waals surface area (Å²) in [6.45, 7) is 13.5. The quantitative estimate of drug-likeness (QED) is 0.830. The van der Waals surface area contributed by atoms with Gasteiger partial charge in [-0.15, -0.1) is 13.2 Å². The van der Waals surface area contributed by atoms with Crippen molar-refractivity contribution in [2.24, 2.45) is 0 Å². The lowest BCUT2D eigenvalue weighted by atomic mass is 10.1. The minimum Gasteiger partial charge on any atom is -0.389 e. The van der Waals surface area contributed by atoms with Crippen molar-refractivity contribution in [2.45, 2.75) is 33.3 Å². The van der Waals surface area contributed by atoms with Crippen molar-refractivity contribution in [3.8, 4) is 0 Å². The van der Waals surface area contributed by atoms with E-state index >= 15 is 0 Å². The lowest BCUT2D eigenvalue weighted by molar-refractivity contribution is 0.0895. The molecule has 0 aliphatic rings. The molecule has 0 spiro atoms. The Morgan fingerprint density at radius 3 is 2.37 bits per heavy atom. The second-order valence-electron chi connectivity index (χ2n) is 4.86. The number of nitrogens with zero attached hydrogens (tertiary/aromatic N) is 1. The molecular weight excluding hydrogens is 241 g/mol. The molecule has 3 heteroatoms. The first-order valence-electron chi connectivity index (χ1n) is 6.21. The van der Waals surface area contributed by atoms with Crippen LogP contribution in [-0.4, -0.2) is 17.3 Å². The molecule has 0 fully saturated rings. The molecule has 0 amide bonds. The zero-order valence-corrected chi connectivity index (χ0v) is 12.3. The standard InChI is InChI=1S/C14H20FNO.C2H4/c1-5-8-16(10-14(3,4)17)12-7-6-11(2)13(15)9-12;1-2/h5-9,17H,10H2,1-4H3;1-2H2/b8-5-;. The summed E-state index contributed by atoms with van der Waals surface area (Å²) in [7, 11) is 0. The van der Waals surface area contributed by atoms with Crippen molar-refractivity contribution in [1.29, 1.82) is 0 Å². The van der Waals surface area contributed by atoms with Crippen LogP contribution in [0.3, 0.4) is 0 Å². The Balaban J connectivity index is 0.00000154. The van der Waals surface area contributed by atoms with E-state index in [1.54, 1.807) is 26.8 Å². The Kier molecular flexibility index (Phi) is 7.09. The van der Waals surface area contributed by atoms with Gasteiger partial charge in [-0.3, -0.25) is 0 Å². The average molecular weight is 265 g/mol. The summed E-state index contributed by atoms with van der Waals surface area (Å²) in [4.78, 5) is 1.84. The molecule has 1 aromatic rings. The third-order valence-electron chi connectivity index (χ3n) is 2.37. The second kappa shape index (κ2) is 7.74. The molecule has 0 saturated carbocycles. The fourth-order valence-electron chi connectivity index (χ4n) is 1.59. The molecular formula is C16H24FNO. The van der Waals surface area contributed by atoms with Gasteiger partial charge in [-0.05, 0) is 51.6 Å². The number of allylic oxidation sites excluding steroid dienone is 1. The van der Waals surface area contributed by atoms with E-state index in [1.807, 2.05) is 30.2 Å². The average Bonchev–Trinajstić information content (AvgIpc) is 2.33. The summed E-state index contributed by atoms with van der Waals surface area (Å²) in [5.41, 5.74) is 0.534. The van der Waals surface area contributed by atoms with E-state index in [2.05, 4.69) is 13.2 Å². The normalized spacial score (nSPS) is 11.1. The van der Waals surface area contributed by atoms with Gasteiger partial charge in [0.1, 0.15) is 5.82 Å². The van der Waals surface area contributed by atoms with Crippen LogP contribution >= 0.6 is 0 Å². The fourth-order valence-corrected chi connectivity index (χ4v) is 1.59. The van der Waals surface area contributed by atoms with Crippen LogP contribution in [0.25, 0.3) is 0 Å². The lowest BCUT2D eigenvalue weighted by Gasteiger charge is -2.28. The largest absolute Gasteiger partial charge is 0.389 e. The molecule has 0 aliphatic heterocycles. The Morgan fingerprint density at radius 1 is 1.37 bits per heavy atom. The summed E-state index contributed by atoms with van der Waals surface area (Å²) in [5, 5.41) is 9.83. The van der Waals surface area contributed by atoms with Gasteiger partial charge in [-0.1, -0.05) is 12.1 Å². The predicted octanol–water partition coefficient (Wildman–Crippen LogP) is 4.05. The molecule has 106 valence electrons. The predicted molar refractivity (Wildman–Crippen MR) is 80.8 cm³/mol. The van der Waals surface area contributed by atoms with Crippen molar-refractivity contribution < 1.29 is 9.50 Å². The van der Waals surface area contributed by atoms with Crippen molar-refractivity contribution >= 4 is 5.69 Å². The first kappa shape index (κ1) is 17.4. The number of rotatable bonds is 4. The third kappa shape index (κ3) is 6.20. The van der Waals surface area contributed by atoms with Crippen molar-refractivity contribution in [3.05, 3.63) is 55.0 Å². The Labute approximate surface area is 115 Å². The van der Waals surface area contributed by atoms with Crippen molar-refractivity contribution in [1.82, 2.24) is 0 Å². The summed E-state index contributed by atoms with van der Waals surface area (Å²) >= 11 is 0. The monoisotopic (exact) mass is 265 g/mol. The van der Waals surface area contributed by atoms with E-state index in [0.29, 0.717) is 12.1 Å². The van der Waals surface area contributed by atoms with E-state index in [1.165, 1.54) is 6.07 Å². The first-order valence-corrected chi connectivity index (χ1v) is 6.21. The van der Waals surface area contributed by atoms with Crippen LogP contribution in [0.4, 0.5) is 10.1 Å². The zero-order valence-electron chi connectivity index (χ0n) is 12.3. The van der Waals surface area contributed by atoms with Gasteiger partial charge in [-0.2, -0.15) is 0 Å². The summed E-state index contributed by atoms with van der Waals surface area (Å²) in [6, 6.07) is 5.08. The number of benzene rings is 1. The van der Waals surface area contributed by atoms with Crippen LogP contribution in [0.5, 0.6) is 0 Å². The molecule has 2 nitrogen and oxygen atoms in total. The summed E-state index contributed by atoms with van der Waals surface area (Å²) in [6.07, 6.45) is 3.70. The van der Waals surface area contributed by atoms with Gasteiger partial charge in [0, 0.05) is 5.69 Å². The number of anilines is 1. The van der Waals surface area contributed by atoms with E-state index in [9.17, 15) is 9.50 Å². The maximum Gasteiger partial charge on any atom is 0.128 e. The number of halogens is 1. The molecule has 0 saturated heterocycles. The molecule has 0 aliphatic carbocycles. The van der Waals surface area contributed by atoms with Gasteiger partial charge in [0.2, 0.25) is 0 Å². The van der Waals surface area contributed by atoms with Crippen molar-refractivity contribution in [2.75, 3.05) is 11.4 Å². The summed E-state index contributed by atoms with van der Waals surface area (Å²) in [5.74, 6) is -0.229. The van der Waals surface area contributed by atoms with Gasteiger partial charge >= 0.3 is 0 Å². The van der Waals surface area contributed by atoms with Gasteiger partial charge < -0.3 is 10.0 Å². The topological polar surface area (TPSA) is 23.5 Å². The van der Waals surface area contributed by atoms with Crippen LogP contribution in [0.2, 0.25) is 0 Å². The minimum atomic E-state index is -0.832. The SMILES string of the molecule is C/C=C\N(CC(C)(C)O)c1ccc(C)c(F)c1.C=C. The van der Waals surface area contributed by atoms with Crippen LogP contribution in [0.15, 0.2) is 43.6 Å². The van der Waals surface area contributed by atoms with E-state index in [-0.39, 0.29) is 5.82 Å². The van der Waals surface area contributed by atoms with Crippen LogP contribution in [0.1, 0.15) is 26.3 Å². The molecule has 19 heavy (non-hydrogen) atoms. The third-order valence-corrected chi connectivity index (χ3v) is 2.37. The zero-order chi connectivity index (χ0) is 15.1. The number of hydrogen-bond acceptors (Lipinski definition) is 2. The maximum absolute atomic E-state index is 13.5. The van der Waals surface area contributed by atoms with Gasteiger partial charge in [-0.25, -0.2) is 4.39 Å². The maximum atomic E-state index is 13.5. The molecule has 0 unspecified atom stereocenters. The number of aryl methyl sites for hydroxylation is 1. The van der Waals surface area contributed by atoms with E-state index in [4.69, 9.17) is 0 Å². The molecule has 0 radical (unpaired) electrons. The minimum absolute atomic E-state index is 0.229.